The summed E-state index contributed by atoms with van der Waals surface area (Å²) in [6.07, 6.45) is 6.68. The molecule has 0 atom stereocenters. The highest BCUT2D eigenvalue weighted by atomic mass is 32.2. The largest absolute Gasteiger partial charge is 0.348 e. The molecule has 35 heavy (non-hydrogen) atoms. The molecule has 1 aliphatic rings. The van der Waals surface area contributed by atoms with Gasteiger partial charge in [0.05, 0.1) is 10.4 Å². The molecule has 0 bridgehead atoms. The molecule has 9 heteroatoms. The number of hydrogen-bond donors (Lipinski definition) is 1. The lowest BCUT2D eigenvalue weighted by Crippen LogP contribution is -2.32. The summed E-state index contributed by atoms with van der Waals surface area (Å²) in [5, 5.41) is 2.84. The van der Waals surface area contributed by atoms with Crippen molar-refractivity contribution in [1.82, 2.24) is 14.2 Å². The van der Waals surface area contributed by atoms with Crippen LogP contribution < -0.4 is 10.7 Å². The van der Waals surface area contributed by atoms with Crippen molar-refractivity contribution < 1.29 is 17.6 Å². The first-order chi connectivity index (χ1) is 16.8. The van der Waals surface area contributed by atoms with Gasteiger partial charge < -0.3 is 9.88 Å². The molecule has 184 valence electrons. The smallest absolute Gasteiger partial charge is 0.257 e. The number of halogens is 1. The van der Waals surface area contributed by atoms with Crippen LogP contribution in [-0.2, 0) is 23.1 Å². The molecule has 4 rings (SSSR count). The molecule has 1 N–H and O–H groups in total. The molecule has 1 amide bonds. The van der Waals surface area contributed by atoms with Gasteiger partial charge in [-0.1, -0.05) is 31.1 Å². The molecule has 7 nitrogen and oxygen atoms in total. The average Bonchev–Trinajstić information content (AvgIpc) is 3.15. The number of hydrogen-bond acceptors (Lipinski definition) is 4. The SMILES string of the molecule is C=CCn1cc(C(=O)NCc2ccc(F)cc2)c(=O)c2cc(S(=O)(=O)N3CCCCCC3)ccc21. The fraction of sp³-hybridized carbons (Fsp3) is 0.308. The first kappa shape index (κ1) is 24.8. The standard InChI is InChI=1S/C26H28FN3O4S/c1-2-13-29-18-23(26(32)28-17-19-7-9-20(27)10-8-19)25(31)22-16-21(11-12-24(22)29)35(33,34)30-14-5-3-4-6-15-30/h2,7-12,16,18H,1,3-6,13-15,17H2,(H,28,32). The number of fused-ring (bicyclic) bond motifs is 1. The van der Waals surface area contributed by atoms with E-state index < -0.39 is 21.4 Å². The molecule has 0 unspecified atom stereocenters. The van der Waals surface area contributed by atoms with Gasteiger partial charge in [0.25, 0.3) is 5.91 Å². The minimum Gasteiger partial charge on any atom is -0.348 e. The second-order valence-electron chi connectivity index (χ2n) is 8.62. The Labute approximate surface area is 203 Å². The van der Waals surface area contributed by atoms with Crippen LogP contribution in [0.4, 0.5) is 4.39 Å². The Morgan fingerprint density at radius 3 is 2.40 bits per heavy atom. The lowest BCUT2D eigenvalue weighted by Gasteiger charge is -2.20. The van der Waals surface area contributed by atoms with Gasteiger partial charge in [-0.25, -0.2) is 12.8 Å². The van der Waals surface area contributed by atoms with Gasteiger partial charge in [0.15, 0.2) is 0 Å². The van der Waals surface area contributed by atoms with Gasteiger partial charge in [-0.3, -0.25) is 9.59 Å². The van der Waals surface area contributed by atoms with Crippen molar-refractivity contribution >= 4 is 26.8 Å². The molecule has 0 saturated carbocycles. The fourth-order valence-electron chi connectivity index (χ4n) is 4.30. The van der Waals surface area contributed by atoms with Gasteiger partial charge in [0, 0.05) is 37.8 Å². The molecule has 1 aromatic heterocycles. The first-order valence-corrected chi connectivity index (χ1v) is 13.1. The van der Waals surface area contributed by atoms with Crippen molar-refractivity contribution in [3.8, 4) is 0 Å². The summed E-state index contributed by atoms with van der Waals surface area (Å²) in [4.78, 5) is 26.3. The van der Waals surface area contributed by atoms with E-state index in [9.17, 15) is 22.4 Å². The highest BCUT2D eigenvalue weighted by molar-refractivity contribution is 7.89. The third-order valence-corrected chi connectivity index (χ3v) is 8.09. The van der Waals surface area contributed by atoms with E-state index in [0.717, 1.165) is 25.7 Å². The van der Waals surface area contributed by atoms with E-state index in [-0.39, 0.29) is 28.2 Å². The van der Waals surface area contributed by atoms with Crippen LogP contribution in [0.3, 0.4) is 0 Å². The maximum atomic E-state index is 13.3. The van der Waals surface area contributed by atoms with Crippen molar-refractivity contribution in [2.24, 2.45) is 0 Å². The quantitative estimate of drug-likeness (QED) is 0.503. The first-order valence-electron chi connectivity index (χ1n) is 11.6. The third-order valence-electron chi connectivity index (χ3n) is 6.19. The molecule has 0 aliphatic carbocycles. The molecule has 0 spiro atoms. The van der Waals surface area contributed by atoms with Gasteiger partial charge in [0.1, 0.15) is 11.4 Å². The van der Waals surface area contributed by atoms with Crippen LogP contribution >= 0.6 is 0 Å². The fourth-order valence-corrected chi connectivity index (χ4v) is 5.84. The van der Waals surface area contributed by atoms with Gasteiger partial charge in [-0.05, 0) is 48.7 Å². The predicted octanol–water partition coefficient (Wildman–Crippen LogP) is 3.82. The second kappa shape index (κ2) is 10.5. The summed E-state index contributed by atoms with van der Waals surface area (Å²) in [6, 6.07) is 10.2. The van der Waals surface area contributed by atoms with Crippen molar-refractivity contribution in [2.75, 3.05) is 13.1 Å². The van der Waals surface area contributed by atoms with Crippen LogP contribution in [0.2, 0.25) is 0 Å². The van der Waals surface area contributed by atoms with Crippen LogP contribution in [-0.4, -0.2) is 36.3 Å². The average molecular weight is 498 g/mol. The van der Waals surface area contributed by atoms with Crippen LogP contribution in [0.1, 0.15) is 41.6 Å². The van der Waals surface area contributed by atoms with Crippen LogP contribution in [0.5, 0.6) is 0 Å². The molecule has 1 aliphatic heterocycles. The van der Waals surface area contributed by atoms with Crippen LogP contribution in [0, 0.1) is 5.82 Å². The molecule has 0 radical (unpaired) electrons. The van der Waals surface area contributed by atoms with Crippen molar-refractivity contribution in [1.29, 1.82) is 0 Å². The number of sulfonamides is 1. The van der Waals surface area contributed by atoms with E-state index in [1.54, 1.807) is 28.8 Å². The number of rotatable bonds is 7. The topological polar surface area (TPSA) is 88.5 Å². The van der Waals surface area contributed by atoms with Gasteiger partial charge in [-0.2, -0.15) is 4.31 Å². The highest BCUT2D eigenvalue weighted by Crippen LogP contribution is 2.23. The number of pyridine rings is 1. The van der Waals surface area contributed by atoms with E-state index in [1.807, 2.05) is 0 Å². The van der Waals surface area contributed by atoms with E-state index in [2.05, 4.69) is 11.9 Å². The van der Waals surface area contributed by atoms with E-state index in [4.69, 9.17) is 0 Å². The number of carbonyl (C=O) groups excluding carboxylic acids is 1. The summed E-state index contributed by atoms with van der Waals surface area (Å²) in [6.45, 7) is 5.08. The van der Waals surface area contributed by atoms with E-state index >= 15 is 0 Å². The van der Waals surface area contributed by atoms with E-state index in [1.165, 1.54) is 34.8 Å². The van der Waals surface area contributed by atoms with Gasteiger partial charge in [-0.15, -0.1) is 6.58 Å². The zero-order chi connectivity index (χ0) is 25.0. The van der Waals surface area contributed by atoms with Crippen molar-refractivity contribution in [2.45, 2.75) is 43.7 Å². The highest BCUT2D eigenvalue weighted by Gasteiger charge is 2.26. The molecule has 3 aromatic rings. The third kappa shape index (κ3) is 5.36. The molecule has 1 fully saturated rings. The molecular weight excluding hydrogens is 469 g/mol. The number of benzene rings is 2. The minimum atomic E-state index is -3.77. The number of allylic oxidation sites excluding steroid dienone is 1. The van der Waals surface area contributed by atoms with Gasteiger partial charge in [0.2, 0.25) is 15.5 Å². The Morgan fingerprint density at radius 2 is 1.74 bits per heavy atom. The van der Waals surface area contributed by atoms with Crippen molar-refractivity contribution in [3.63, 3.8) is 0 Å². The Balaban J connectivity index is 1.72. The van der Waals surface area contributed by atoms with Crippen LogP contribution in [0.15, 0.2) is 71.0 Å². The summed E-state index contributed by atoms with van der Waals surface area (Å²) < 4.78 is 42.9. The lowest BCUT2D eigenvalue weighted by atomic mass is 10.1. The molecular formula is C26H28FN3O4S. The number of nitrogens with one attached hydrogen (secondary N) is 1. The number of nitrogens with zero attached hydrogens (tertiary/aromatic N) is 2. The zero-order valence-corrected chi connectivity index (χ0v) is 20.2. The van der Waals surface area contributed by atoms with E-state index in [0.29, 0.717) is 30.7 Å². The zero-order valence-electron chi connectivity index (χ0n) is 19.4. The van der Waals surface area contributed by atoms with Crippen molar-refractivity contribution in [3.05, 3.63) is 88.5 Å². The molecule has 1 saturated heterocycles. The number of carbonyl (C=O) groups is 1. The second-order valence-corrected chi connectivity index (χ2v) is 10.6. The Hall–Kier alpha value is -3.30. The Morgan fingerprint density at radius 1 is 1.06 bits per heavy atom. The summed E-state index contributed by atoms with van der Waals surface area (Å²) >= 11 is 0. The maximum Gasteiger partial charge on any atom is 0.257 e. The Kier molecular flexibility index (Phi) is 7.47. The molecule has 2 heterocycles. The van der Waals surface area contributed by atoms with Gasteiger partial charge >= 0.3 is 0 Å². The molecule has 2 aromatic carbocycles. The predicted molar refractivity (Wildman–Crippen MR) is 133 cm³/mol. The normalized spacial score (nSPS) is 15.0. The summed E-state index contributed by atoms with van der Waals surface area (Å²) in [5.74, 6) is -0.979. The summed E-state index contributed by atoms with van der Waals surface area (Å²) in [7, 11) is -3.77. The number of amides is 1. The monoisotopic (exact) mass is 497 g/mol. The number of aromatic nitrogens is 1. The minimum absolute atomic E-state index is 0.0398. The van der Waals surface area contributed by atoms with Crippen LogP contribution in [0.25, 0.3) is 10.9 Å². The lowest BCUT2D eigenvalue weighted by molar-refractivity contribution is 0.0949. The maximum absolute atomic E-state index is 13.3. The Bertz CT molecular complexity index is 1410. The summed E-state index contributed by atoms with van der Waals surface area (Å²) in [5.41, 5.74) is 0.535.